The third-order valence-electron chi connectivity index (χ3n) is 5.66. The van der Waals surface area contributed by atoms with Crippen LogP contribution in [-0.2, 0) is 0 Å². The summed E-state index contributed by atoms with van der Waals surface area (Å²) in [5, 5.41) is 0. The first-order chi connectivity index (χ1) is 11.8. The Hall–Kier alpha value is 1.00. The Balaban J connectivity index is 6.08. The average molecular weight is 488 g/mol. The van der Waals surface area contributed by atoms with Crippen molar-refractivity contribution < 1.29 is 0 Å². The van der Waals surface area contributed by atoms with Crippen molar-refractivity contribution in [3.05, 3.63) is 0 Å². The molecule has 0 fully saturated rings. The predicted octanol–water partition coefficient (Wildman–Crippen LogP) is 6.09. The zero-order chi connectivity index (χ0) is 19.5. The molecule has 4 nitrogen and oxygen atoms in total. The molecule has 0 heterocycles. The minimum atomic E-state index is -2.54. The van der Waals surface area contributed by atoms with Crippen LogP contribution in [-0.4, -0.2) is 72.5 Å². The molecule has 0 radical (unpaired) electrons. The van der Waals surface area contributed by atoms with Gasteiger partial charge in [0, 0.05) is 0 Å². The molecular weight excluding hydrogens is 442 g/mol. The van der Waals surface area contributed by atoms with Gasteiger partial charge < -0.3 is 0 Å². The Kier molecular flexibility index (Phi) is 13.0. The summed E-state index contributed by atoms with van der Waals surface area (Å²) in [6, 6.07) is 0. The first-order valence-electron chi connectivity index (χ1n) is 10.4. The first kappa shape index (κ1) is 26.0. The molecule has 0 spiro atoms. The molecule has 0 amide bonds. The van der Waals surface area contributed by atoms with Gasteiger partial charge in [-0.3, -0.25) is 0 Å². The van der Waals surface area contributed by atoms with Gasteiger partial charge in [-0.1, -0.05) is 0 Å². The van der Waals surface area contributed by atoms with Crippen LogP contribution in [0.15, 0.2) is 0 Å². The van der Waals surface area contributed by atoms with Crippen LogP contribution in [0.4, 0.5) is 0 Å². The Morgan fingerprint density at radius 3 is 1.16 bits per heavy atom. The SMILES string of the molecule is CCCCCN(CCCCC)P(I)(N(C)CC)(N(C)CC)N(C)CC. The fourth-order valence-corrected chi connectivity index (χ4v) is 13.0. The van der Waals surface area contributed by atoms with Gasteiger partial charge in [0.25, 0.3) is 0 Å². The van der Waals surface area contributed by atoms with Crippen LogP contribution in [0.3, 0.4) is 0 Å². The van der Waals surface area contributed by atoms with E-state index in [0.717, 1.165) is 19.6 Å². The van der Waals surface area contributed by atoms with Gasteiger partial charge in [-0.2, -0.15) is 0 Å². The Morgan fingerprint density at radius 2 is 0.920 bits per heavy atom. The molecule has 0 aliphatic rings. The topological polar surface area (TPSA) is 13.0 Å². The Bertz CT molecular complexity index is 317. The standard InChI is InChI=1S/C19H46IN4P/c1-9-14-16-18-24(19-17-15-10-2)25(20,21(6)11-3,22(7)12-4)23(8)13-5/h9-19H2,1-8H3. The van der Waals surface area contributed by atoms with E-state index >= 15 is 0 Å². The number of halogens is 1. The normalized spacial score (nSPS) is 14.7. The van der Waals surface area contributed by atoms with Crippen molar-refractivity contribution >= 4 is 26.9 Å². The summed E-state index contributed by atoms with van der Waals surface area (Å²) < 4.78 is 10.9. The van der Waals surface area contributed by atoms with Crippen LogP contribution in [0.2, 0.25) is 0 Å². The number of hydrogen-bond donors (Lipinski definition) is 0. The van der Waals surface area contributed by atoms with Gasteiger partial charge in [-0.25, -0.2) is 0 Å². The van der Waals surface area contributed by atoms with Gasteiger partial charge in [-0.15, -0.1) is 0 Å². The van der Waals surface area contributed by atoms with Gasteiger partial charge >= 0.3 is 173 Å². The van der Waals surface area contributed by atoms with Crippen molar-refractivity contribution in [1.82, 2.24) is 18.7 Å². The summed E-state index contributed by atoms with van der Waals surface area (Å²) in [7, 11) is 7.03. The second kappa shape index (κ2) is 12.5. The van der Waals surface area contributed by atoms with Crippen molar-refractivity contribution in [3.8, 4) is 0 Å². The first-order valence-corrected chi connectivity index (χ1v) is 15.3. The van der Waals surface area contributed by atoms with Crippen LogP contribution < -0.4 is 0 Å². The average Bonchev–Trinajstić information content (AvgIpc) is 2.64. The van der Waals surface area contributed by atoms with Crippen LogP contribution in [0.1, 0.15) is 73.1 Å². The predicted molar refractivity (Wildman–Crippen MR) is 126 cm³/mol. The monoisotopic (exact) mass is 488 g/mol. The maximum absolute atomic E-state index is 2.89. The molecule has 0 unspecified atom stereocenters. The molecule has 154 valence electrons. The molecule has 0 saturated carbocycles. The zero-order valence-electron chi connectivity index (χ0n) is 18.4. The van der Waals surface area contributed by atoms with E-state index in [-0.39, 0.29) is 0 Å². The molecule has 0 aromatic heterocycles. The fraction of sp³-hybridized carbons (Fsp3) is 1.00. The third kappa shape index (κ3) is 5.51. The molecule has 0 aliphatic carbocycles. The summed E-state index contributed by atoms with van der Waals surface area (Å²) in [4.78, 5) is -2.54. The van der Waals surface area contributed by atoms with Crippen molar-refractivity contribution in [2.75, 3.05) is 53.9 Å². The molecule has 0 N–H and O–H groups in total. The van der Waals surface area contributed by atoms with Gasteiger partial charge in [-0.05, 0) is 0 Å². The Labute approximate surface area is 172 Å². The molecule has 0 aliphatic heterocycles. The van der Waals surface area contributed by atoms with Crippen molar-refractivity contribution in [3.63, 3.8) is 0 Å². The molecule has 0 rings (SSSR count). The quantitative estimate of drug-likeness (QED) is 0.157. The van der Waals surface area contributed by atoms with E-state index < -0.39 is 4.85 Å². The van der Waals surface area contributed by atoms with Crippen LogP contribution >= 0.6 is 26.9 Å². The van der Waals surface area contributed by atoms with Crippen LogP contribution in [0.25, 0.3) is 0 Å². The molecule has 0 aromatic carbocycles. The molecule has 0 aromatic rings. The number of rotatable bonds is 15. The summed E-state index contributed by atoms with van der Waals surface area (Å²) in [6.45, 7) is 17.2. The van der Waals surface area contributed by atoms with Crippen molar-refractivity contribution in [2.24, 2.45) is 0 Å². The zero-order valence-corrected chi connectivity index (χ0v) is 21.4. The maximum atomic E-state index is 2.89. The molecule has 0 bridgehead atoms. The number of nitrogens with zero attached hydrogens (tertiary/aromatic N) is 4. The van der Waals surface area contributed by atoms with Crippen LogP contribution in [0.5, 0.6) is 0 Å². The molecule has 0 saturated heterocycles. The summed E-state index contributed by atoms with van der Waals surface area (Å²) in [5.74, 6) is 0. The van der Waals surface area contributed by atoms with E-state index in [2.05, 4.69) is 96.5 Å². The van der Waals surface area contributed by atoms with E-state index in [9.17, 15) is 0 Å². The minimum absolute atomic E-state index is 1.08. The second-order valence-corrected chi connectivity index (χ2v) is 16.6. The van der Waals surface area contributed by atoms with E-state index in [0.29, 0.717) is 0 Å². The van der Waals surface area contributed by atoms with Gasteiger partial charge in [0.2, 0.25) is 0 Å². The summed E-state index contributed by atoms with van der Waals surface area (Å²) in [5.41, 5.74) is 0. The number of hydrogen-bond acceptors (Lipinski definition) is 4. The summed E-state index contributed by atoms with van der Waals surface area (Å²) >= 11 is 2.89. The van der Waals surface area contributed by atoms with Crippen molar-refractivity contribution in [2.45, 2.75) is 73.1 Å². The molecule has 0 atom stereocenters. The van der Waals surface area contributed by atoms with Gasteiger partial charge in [0.05, 0.1) is 0 Å². The third-order valence-corrected chi connectivity index (χ3v) is 19.9. The van der Waals surface area contributed by atoms with E-state index in [1.807, 2.05) is 0 Å². The van der Waals surface area contributed by atoms with Crippen molar-refractivity contribution in [1.29, 1.82) is 0 Å². The van der Waals surface area contributed by atoms with E-state index in [1.165, 1.54) is 51.6 Å². The number of unbranched alkanes of at least 4 members (excludes halogenated alkanes) is 4. The summed E-state index contributed by atoms with van der Waals surface area (Å²) in [6.07, 6.45) is 7.84. The van der Waals surface area contributed by atoms with Gasteiger partial charge in [0.15, 0.2) is 0 Å². The van der Waals surface area contributed by atoms with E-state index in [4.69, 9.17) is 0 Å². The molecule has 25 heavy (non-hydrogen) atoms. The molecular formula is C19H46IN4P. The molecule has 6 heteroatoms. The fourth-order valence-electron chi connectivity index (χ4n) is 3.70. The Morgan fingerprint density at radius 1 is 0.600 bits per heavy atom. The van der Waals surface area contributed by atoms with Crippen LogP contribution in [0, 0.1) is 0 Å². The van der Waals surface area contributed by atoms with E-state index in [1.54, 1.807) is 0 Å². The van der Waals surface area contributed by atoms with Gasteiger partial charge in [0.1, 0.15) is 0 Å². The second-order valence-electron chi connectivity index (χ2n) is 7.13.